The summed E-state index contributed by atoms with van der Waals surface area (Å²) in [5.74, 6) is 0.701. The molecule has 0 saturated heterocycles. The molecular weight excluding hydrogens is 234 g/mol. The van der Waals surface area contributed by atoms with Gasteiger partial charge in [0.15, 0.2) is 5.13 Å². The van der Waals surface area contributed by atoms with E-state index in [-0.39, 0.29) is 11.3 Å². The van der Waals surface area contributed by atoms with Gasteiger partial charge >= 0.3 is 0 Å². The van der Waals surface area contributed by atoms with Crippen LogP contribution in [0.5, 0.6) is 0 Å². The molecule has 0 aliphatic heterocycles. The Labute approximate surface area is 105 Å². The normalized spacial score (nSPS) is 21.9. The molecule has 17 heavy (non-hydrogen) atoms. The van der Waals surface area contributed by atoms with Gasteiger partial charge in [-0.2, -0.15) is 0 Å². The molecule has 1 aromatic rings. The van der Waals surface area contributed by atoms with Gasteiger partial charge in [0, 0.05) is 17.8 Å². The third-order valence-electron chi connectivity index (χ3n) is 3.92. The number of nitrogens with zero attached hydrogens (tertiary/aromatic N) is 1. The molecule has 2 saturated carbocycles. The summed E-state index contributed by atoms with van der Waals surface area (Å²) in [4.78, 5) is 16.6. The molecule has 3 N–H and O–H groups in total. The second-order valence-electron chi connectivity index (χ2n) is 5.14. The first-order valence-electron chi connectivity index (χ1n) is 6.20. The molecule has 0 unspecified atom stereocenters. The van der Waals surface area contributed by atoms with Gasteiger partial charge in [-0.25, -0.2) is 4.98 Å². The molecule has 0 atom stereocenters. The predicted molar refractivity (Wildman–Crippen MR) is 68.1 cm³/mol. The Bertz CT molecular complexity index is 429. The van der Waals surface area contributed by atoms with Gasteiger partial charge in [0.05, 0.1) is 11.1 Å². The van der Waals surface area contributed by atoms with E-state index in [1.165, 1.54) is 24.2 Å². The molecule has 1 aromatic heterocycles. The number of rotatable bonds is 4. The lowest BCUT2D eigenvalue weighted by Gasteiger charge is -2.38. The van der Waals surface area contributed by atoms with Crippen molar-refractivity contribution in [1.82, 2.24) is 4.98 Å². The fourth-order valence-corrected chi connectivity index (χ4v) is 3.05. The minimum Gasteiger partial charge on any atom is -0.329 e. The third-order valence-corrected chi connectivity index (χ3v) is 4.70. The average molecular weight is 251 g/mol. The van der Waals surface area contributed by atoms with Crippen LogP contribution in [0.4, 0.5) is 5.13 Å². The highest BCUT2D eigenvalue weighted by Gasteiger charge is 2.43. The van der Waals surface area contributed by atoms with Crippen molar-refractivity contribution in [1.29, 1.82) is 0 Å². The summed E-state index contributed by atoms with van der Waals surface area (Å²) < 4.78 is 0. The predicted octanol–water partition coefficient (Wildman–Crippen LogP) is 2.09. The zero-order valence-electron chi connectivity index (χ0n) is 9.74. The van der Waals surface area contributed by atoms with E-state index >= 15 is 0 Å². The van der Waals surface area contributed by atoms with E-state index in [0.717, 1.165) is 30.1 Å². The summed E-state index contributed by atoms with van der Waals surface area (Å²) in [6.07, 6.45) is 5.41. The third kappa shape index (κ3) is 1.98. The molecule has 2 aliphatic carbocycles. The highest BCUT2D eigenvalue weighted by atomic mass is 32.1. The van der Waals surface area contributed by atoms with Gasteiger partial charge in [0.1, 0.15) is 0 Å². The molecular formula is C12H17N3OS. The first-order chi connectivity index (χ1) is 8.23. The summed E-state index contributed by atoms with van der Waals surface area (Å²) in [6.45, 7) is 0.444. The van der Waals surface area contributed by atoms with E-state index < -0.39 is 0 Å². The zero-order chi connectivity index (χ0) is 11.9. The Kier molecular flexibility index (Phi) is 2.67. The van der Waals surface area contributed by atoms with E-state index in [1.54, 1.807) is 0 Å². The summed E-state index contributed by atoms with van der Waals surface area (Å²) in [5.41, 5.74) is 6.53. The number of carbonyl (C=O) groups excluding carboxylic acids is 1. The monoisotopic (exact) mass is 251 g/mol. The fraction of sp³-hybridized carbons (Fsp3) is 0.667. The maximum Gasteiger partial charge on any atom is 0.233 e. The topological polar surface area (TPSA) is 68.0 Å². The van der Waals surface area contributed by atoms with Crippen molar-refractivity contribution in [2.75, 3.05) is 11.9 Å². The molecule has 4 nitrogen and oxygen atoms in total. The van der Waals surface area contributed by atoms with Crippen molar-refractivity contribution in [3.05, 3.63) is 11.1 Å². The lowest BCUT2D eigenvalue weighted by atomic mass is 9.68. The Morgan fingerprint density at radius 1 is 1.59 bits per heavy atom. The molecule has 1 amide bonds. The molecule has 0 bridgehead atoms. The van der Waals surface area contributed by atoms with Crippen LogP contribution >= 0.6 is 11.3 Å². The van der Waals surface area contributed by atoms with Crippen molar-refractivity contribution in [2.24, 2.45) is 11.1 Å². The number of nitrogens with two attached hydrogens (primary N) is 1. The van der Waals surface area contributed by atoms with Crippen LogP contribution in [0, 0.1) is 5.41 Å². The lowest BCUT2D eigenvalue weighted by Crippen LogP contribution is -2.47. The second-order valence-corrected chi connectivity index (χ2v) is 6.00. The number of thiazole rings is 1. The number of nitrogens with one attached hydrogen (secondary N) is 1. The number of amides is 1. The minimum atomic E-state index is -0.314. The van der Waals surface area contributed by atoms with Crippen LogP contribution in [0.2, 0.25) is 0 Å². The maximum atomic E-state index is 12.1. The van der Waals surface area contributed by atoms with Gasteiger partial charge < -0.3 is 11.1 Å². The van der Waals surface area contributed by atoms with Crippen LogP contribution in [0.25, 0.3) is 0 Å². The highest BCUT2D eigenvalue weighted by Crippen LogP contribution is 2.43. The molecule has 0 radical (unpaired) electrons. The van der Waals surface area contributed by atoms with E-state index in [1.807, 2.05) is 0 Å². The van der Waals surface area contributed by atoms with Crippen molar-refractivity contribution in [3.63, 3.8) is 0 Å². The number of anilines is 1. The molecule has 92 valence electrons. The van der Waals surface area contributed by atoms with Gasteiger partial charge in [-0.1, -0.05) is 6.42 Å². The highest BCUT2D eigenvalue weighted by molar-refractivity contribution is 7.13. The van der Waals surface area contributed by atoms with Gasteiger partial charge in [0.25, 0.3) is 0 Å². The van der Waals surface area contributed by atoms with E-state index in [0.29, 0.717) is 12.5 Å². The Hall–Kier alpha value is -0.940. The molecule has 2 fully saturated rings. The van der Waals surface area contributed by atoms with Crippen LogP contribution < -0.4 is 11.1 Å². The number of hydrogen-bond donors (Lipinski definition) is 2. The molecule has 2 aliphatic rings. The van der Waals surface area contributed by atoms with Gasteiger partial charge in [-0.05, 0) is 25.7 Å². The average Bonchev–Trinajstić information content (AvgIpc) is 3.00. The van der Waals surface area contributed by atoms with Crippen molar-refractivity contribution >= 4 is 22.4 Å². The Balaban J connectivity index is 1.66. The quantitative estimate of drug-likeness (QED) is 0.861. The number of hydrogen-bond acceptors (Lipinski definition) is 4. The van der Waals surface area contributed by atoms with Crippen LogP contribution in [0.15, 0.2) is 5.38 Å². The van der Waals surface area contributed by atoms with Gasteiger partial charge in [-0.3, -0.25) is 4.79 Å². The summed E-state index contributed by atoms with van der Waals surface area (Å²) in [5, 5.41) is 5.72. The zero-order valence-corrected chi connectivity index (χ0v) is 10.6. The first-order valence-corrected chi connectivity index (χ1v) is 7.08. The molecule has 5 heteroatoms. The smallest absolute Gasteiger partial charge is 0.233 e. The van der Waals surface area contributed by atoms with Crippen molar-refractivity contribution < 1.29 is 4.79 Å². The lowest BCUT2D eigenvalue weighted by molar-refractivity contribution is -0.129. The summed E-state index contributed by atoms with van der Waals surface area (Å²) in [6, 6.07) is 0. The van der Waals surface area contributed by atoms with Crippen LogP contribution in [0.1, 0.15) is 43.7 Å². The number of carbonyl (C=O) groups is 1. The SMILES string of the molecule is NCC1(C(=O)Nc2nc(C3CC3)cs2)CCC1. The van der Waals surface area contributed by atoms with E-state index in [4.69, 9.17) is 5.73 Å². The van der Waals surface area contributed by atoms with Crippen LogP contribution in [-0.4, -0.2) is 17.4 Å². The molecule has 1 heterocycles. The standard InChI is InChI=1S/C12H17N3OS/c13-7-12(4-1-5-12)10(16)15-11-14-9(6-17-11)8-2-3-8/h6,8H,1-5,7,13H2,(H,14,15,16). The minimum absolute atomic E-state index is 0.0583. The Morgan fingerprint density at radius 2 is 2.35 bits per heavy atom. The van der Waals surface area contributed by atoms with Gasteiger partial charge in [0.2, 0.25) is 5.91 Å². The van der Waals surface area contributed by atoms with Crippen LogP contribution in [0.3, 0.4) is 0 Å². The largest absolute Gasteiger partial charge is 0.329 e. The van der Waals surface area contributed by atoms with E-state index in [9.17, 15) is 4.79 Å². The molecule has 0 aromatic carbocycles. The van der Waals surface area contributed by atoms with Crippen molar-refractivity contribution in [3.8, 4) is 0 Å². The van der Waals surface area contributed by atoms with Gasteiger partial charge in [-0.15, -0.1) is 11.3 Å². The molecule has 0 spiro atoms. The van der Waals surface area contributed by atoms with Crippen molar-refractivity contribution in [2.45, 2.75) is 38.0 Å². The first kappa shape index (κ1) is 11.2. The molecule has 3 rings (SSSR count). The van der Waals surface area contributed by atoms with E-state index in [2.05, 4.69) is 15.7 Å². The second kappa shape index (κ2) is 4.07. The summed E-state index contributed by atoms with van der Waals surface area (Å²) >= 11 is 1.52. The Morgan fingerprint density at radius 3 is 2.88 bits per heavy atom. The van der Waals surface area contributed by atoms with Crippen LogP contribution in [-0.2, 0) is 4.79 Å². The fourth-order valence-electron chi connectivity index (χ4n) is 2.27. The summed E-state index contributed by atoms with van der Waals surface area (Å²) in [7, 11) is 0. The maximum absolute atomic E-state index is 12.1. The number of aromatic nitrogens is 1.